The Labute approximate surface area is 260 Å². The number of nitrogens with one attached hydrogen (secondary N) is 2. The summed E-state index contributed by atoms with van der Waals surface area (Å²) < 4.78 is 9.20. The summed E-state index contributed by atoms with van der Waals surface area (Å²) in [6, 6.07) is 4.19. The van der Waals surface area contributed by atoms with E-state index >= 15 is 0 Å². The van der Waals surface area contributed by atoms with Gasteiger partial charge in [-0.3, -0.25) is 28.9 Å². The van der Waals surface area contributed by atoms with E-state index in [1.165, 1.54) is 53.1 Å². The maximum Gasteiger partial charge on any atom is 0.327 e. The van der Waals surface area contributed by atoms with E-state index in [1.54, 1.807) is 13.8 Å². The van der Waals surface area contributed by atoms with Gasteiger partial charge in [0.1, 0.15) is 29.2 Å². The number of thioether (sulfide) groups is 1. The van der Waals surface area contributed by atoms with Crippen molar-refractivity contribution in [2.45, 2.75) is 55.9 Å². The third kappa shape index (κ3) is 6.69. The van der Waals surface area contributed by atoms with Gasteiger partial charge in [0.25, 0.3) is 5.91 Å². The molecule has 4 N–H and O–H groups in total. The second-order valence-electron chi connectivity index (χ2n) is 10.8. The Morgan fingerprint density at radius 2 is 1.58 bits per heavy atom. The normalized spacial score (nSPS) is 20.2. The molecule has 238 valence electrons. The Morgan fingerprint density at radius 1 is 0.978 bits per heavy atom. The van der Waals surface area contributed by atoms with E-state index in [2.05, 4.69) is 10.6 Å². The number of nitrogens with zero attached hydrogens (tertiary/aromatic N) is 2. The molecule has 1 unspecified atom stereocenters. The molecule has 2 aromatic rings. The van der Waals surface area contributed by atoms with Gasteiger partial charge >= 0.3 is 23.9 Å². The predicted molar refractivity (Wildman–Crippen MR) is 156 cm³/mol. The number of aliphatic carboxylic acids is 1. The number of phenols is 1. The summed E-state index contributed by atoms with van der Waals surface area (Å²) in [6.45, 7) is 5.61. The monoisotopic (exact) mass is 642 g/mol. The van der Waals surface area contributed by atoms with Gasteiger partial charge in [0, 0.05) is 31.2 Å². The lowest BCUT2D eigenvalue weighted by Crippen LogP contribution is -2.71. The second kappa shape index (κ2) is 12.5. The van der Waals surface area contributed by atoms with Crippen LogP contribution in [0.5, 0.6) is 17.2 Å². The van der Waals surface area contributed by atoms with Crippen LogP contribution >= 0.6 is 11.8 Å². The lowest BCUT2D eigenvalue weighted by molar-refractivity contribution is -0.161. The minimum absolute atomic E-state index is 0.119. The first-order valence-corrected chi connectivity index (χ1v) is 14.3. The third-order valence-electron chi connectivity index (χ3n) is 7.04. The van der Waals surface area contributed by atoms with Gasteiger partial charge in [-0.1, -0.05) is 12.1 Å². The minimum Gasteiger partial charge on any atom is -0.508 e. The molecule has 15 nitrogen and oxygen atoms in total. The molecule has 4 atom stereocenters. The number of benzene rings is 2. The van der Waals surface area contributed by atoms with Crippen LogP contribution in [0.4, 0.5) is 4.79 Å². The van der Waals surface area contributed by atoms with Crippen LogP contribution in [0.2, 0.25) is 0 Å². The lowest BCUT2D eigenvalue weighted by Gasteiger charge is -2.44. The van der Waals surface area contributed by atoms with Gasteiger partial charge in [-0.05, 0) is 49.7 Å². The number of carboxylic acid groups (broad SMARTS) is 1. The van der Waals surface area contributed by atoms with Crippen LogP contribution in [0.1, 0.15) is 49.7 Å². The van der Waals surface area contributed by atoms with E-state index in [0.717, 1.165) is 27.0 Å². The Morgan fingerprint density at radius 3 is 2.16 bits per heavy atom. The molecular weight excluding hydrogens is 612 g/mol. The fraction of sp³-hybridized carbons (Fsp3) is 0.345. The highest BCUT2D eigenvalue weighted by Gasteiger charge is 2.64. The molecule has 0 radical (unpaired) electrons. The predicted octanol–water partition coefficient (Wildman–Crippen LogP) is 1.40. The molecule has 0 aromatic heterocycles. The Bertz CT molecular complexity index is 1590. The quantitative estimate of drug-likeness (QED) is 0.183. The largest absolute Gasteiger partial charge is 0.508 e. The number of hydrogen-bond donors (Lipinski definition) is 4. The molecule has 2 aliphatic heterocycles. The van der Waals surface area contributed by atoms with Crippen LogP contribution in [0.25, 0.3) is 0 Å². The summed E-state index contributed by atoms with van der Waals surface area (Å²) in [7, 11) is 1.13. The van der Waals surface area contributed by atoms with E-state index in [-0.39, 0.29) is 28.4 Å². The molecule has 2 aliphatic rings. The first-order chi connectivity index (χ1) is 21.0. The second-order valence-corrected chi connectivity index (χ2v) is 12.5. The number of carbonyl (C=O) groups is 7. The number of imide groups is 1. The van der Waals surface area contributed by atoms with Crippen LogP contribution < -0.4 is 20.1 Å². The van der Waals surface area contributed by atoms with Gasteiger partial charge in [0.15, 0.2) is 11.5 Å². The topological polar surface area (TPSA) is 209 Å². The molecule has 16 heteroatoms. The number of urea groups is 1. The maximum atomic E-state index is 13.5. The standard InChI is InChI=1S/C29H30N4O11S/c1-13(34)43-18-11-8-16(12-19(18)44-14(2)35)24(38)32(5)28(42)31-20(15-6-9-17(36)10-7-15)23(37)30-21-25(39)33-22(27(40)41)29(3,4)45-26(21)33/h6-12,20-22,26,36H,1-5H3,(H,30,37)(H,31,42)(H,40,41)/t20?,21-,22+,26-/m1/s1. The van der Waals surface area contributed by atoms with Gasteiger partial charge < -0.3 is 35.2 Å². The summed E-state index contributed by atoms with van der Waals surface area (Å²) in [4.78, 5) is 89.6. The van der Waals surface area contributed by atoms with Crippen molar-refractivity contribution in [2.24, 2.45) is 0 Å². The number of hydrogen-bond acceptors (Lipinski definition) is 11. The molecule has 2 saturated heterocycles. The molecule has 2 fully saturated rings. The number of esters is 2. The van der Waals surface area contributed by atoms with Crippen molar-refractivity contribution in [3.63, 3.8) is 0 Å². The minimum atomic E-state index is -1.45. The van der Waals surface area contributed by atoms with Crippen LogP contribution in [-0.4, -0.2) is 90.9 Å². The zero-order chi connectivity index (χ0) is 33.4. The molecule has 0 spiro atoms. The van der Waals surface area contributed by atoms with Gasteiger partial charge in [0.2, 0.25) is 11.8 Å². The van der Waals surface area contributed by atoms with Crippen LogP contribution in [0.15, 0.2) is 42.5 Å². The smallest absolute Gasteiger partial charge is 0.327 e. The molecule has 4 rings (SSSR count). The number of rotatable bonds is 8. The third-order valence-corrected chi connectivity index (χ3v) is 8.61. The van der Waals surface area contributed by atoms with Crippen LogP contribution in [0, 0.1) is 0 Å². The van der Waals surface area contributed by atoms with E-state index in [1.807, 2.05) is 0 Å². The summed E-state index contributed by atoms with van der Waals surface area (Å²) in [5.74, 6) is -5.42. The van der Waals surface area contributed by atoms with Crippen molar-refractivity contribution in [1.82, 2.24) is 20.4 Å². The number of aromatic hydroxyl groups is 1. The van der Waals surface area contributed by atoms with Crippen molar-refractivity contribution in [3.05, 3.63) is 53.6 Å². The van der Waals surface area contributed by atoms with E-state index in [4.69, 9.17) is 9.47 Å². The number of ether oxygens (including phenoxy) is 2. The highest BCUT2D eigenvalue weighted by atomic mass is 32.2. The molecule has 2 aromatic carbocycles. The molecule has 0 aliphatic carbocycles. The molecule has 2 heterocycles. The first-order valence-electron chi connectivity index (χ1n) is 13.4. The molecule has 0 bridgehead atoms. The zero-order valence-corrected chi connectivity index (χ0v) is 25.5. The number of phenolic OH excluding ortho intramolecular Hbond substituents is 1. The van der Waals surface area contributed by atoms with Crippen molar-refractivity contribution in [2.75, 3.05) is 7.05 Å². The Balaban J connectivity index is 1.54. The van der Waals surface area contributed by atoms with Crippen molar-refractivity contribution < 1.29 is 53.2 Å². The summed E-state index contributed by atoms with van der Waals surface area (Å²) in [5, 5.41) is 23.8. The summed E-state index contributed by atoms with van der Waals surface area (Å²) >= 11 is 1.22. The zero-order valence-electron chi connectivity index (χ0n) is 24.7. The number of carbonyl (C=O) groups excluding carboxylic acids is 6. The number of amides is 5. The number of carboxylic acids is 1. The maximum absolute atomic E-state index is 13.5. The van der Waals surface area contributed by atoms with Gasteiger partial charge in [0.05, 0.1) is 0 Å². The number of fused-ring (bicyclic) bond motifs is 1. The number of β-lactam (4-membered cyclic amide) rings is 1. The van der Waals surface area contributed by atoms with Crippen molar-refractivity contribution in [1.29, 1.82) is 0 Å². The van der Waals surface area contributed by atoms with Crippen LogP contribution in [0.3, 0.4) is 0 Å². The summed E-state index contributed by atoms with van der Waals surface area (Å²) in [6.07, 6.45) is 0. The molecule has 5 amide bonds. The fourth-order valence-corrected chi connectivity index (χ4v) is 6.60. The Hall–Kier alpha value is -5.12. The van der Waals surface area contributed by atoms with Crippen LogP contribution in [-0.2, 0) is 24.0 Å². The first kappa shape index (κ1) is 32.8. The highest BCUT2D eigenvalue weighted by molar-refractivity contribution is 8.01. The SMILES string of the molecule is CC(=O)Oc1ccc(C(=O)N(C)C(=O)NC(C(=O)N[C@@H]2C(=O)N3[C@@H]2SC(C)(C)[C@@H]3C(=O)O)c2ccc(O)cc2)cc1OC(C)=O. The molecular formula is C29H30N4O11S. The molecule has 0 saturated carbocycles. The van der Waals surface area contributed by atoms with Gasteiger partial charge in [-0.25, -0.2) is 9.59 Å². The van der Waals surface area contributed by atoms with Gasteiger partial charge in [-0.2, -0.15) is 0 Å². The van der Waals surface area contributed by atoms with Gasteiger partial charge in [-0.15, -0.1) is 11.8 Å². The van der Waals surface area contributed by atoms with E-state index < -0.39 is 69.9 Å². The highest BCUT2D eigenvalue weighted by Crippen LogP contribution is 2.50. The summed E-state index contributed by atoms with van der Waals surface area (Å²) in [5.41, 5.74) is 0.0771. The average molecular weight is 643 g/mol. The lowest BCUT2D eigenvalue weighted by atomic mass is 9.95. The van der Waals surface area contributed by atoms with Crippen molar-refractivity contribution in [3.8, 4) is 17.2 Å². The van der Waals surface area contributed by atoms with Crippen molar-refractivity contribution >= 4 is 53.4 Å². The van der Waals surface area contributed by atoms with E-state index in [9.17, 15) is 43.8 Å². The fourth-order valence-electron chi connectivity index (χ4n) is 4.97. The van der Waals surface area contributed by atoms with E-state index in [0.29, 0.717) is 4.90 Å². The Kier molecular flexibility index (Phi) is 9.09. The average Bonchev–Trinajstić information content (AvgIpc) is 3.22. The molecule has 45 heavy (non-hydrogen) atoms.